The number of nitrogens with zero attached hydrogens (tertiary/aromatic N) is 1. The first-order valence-corrected chi connectivity index (χ1v) is 6.01. The summed E-state index contributed by atoms with van der Waals surface area (Å²) in [4.78, 5) is 2.35. The summed E-state index contributed by atoms with van der Waals surface area (Å²) in [6.07, 6.45) is 5.37. The van der Waals surface area contributed by atoms with E-state index in [0.29, 0.717) is 6.61 Å². The molecule has 2 nitrogen and oxygen atoms in total. The van der Waals surface area contributed by atoms with Crippen molar-refractivity contribution in [2.75, 3.05) is 20.2 Å². The fraction of sp³-hybridized carbons (Fsp3) is 1.00. The van der Waals surface area contributed by atoms with Gasteiger partial charge in [0.25, 0.3) is 0 Å². The van der Waals surface area contributed by atoms with E-state index in [9.17, 15) is 0 Å². The van der Waals surface area contributed by atoms with Crippen LogP contribution in [0.5, 0.6) is 0 Å². The molecule has 1 aliphatic carbocycles. The Morgan fingerprint density at radius 3 is 2.71 bits per heavy atom. The summed E-state index contributed by atoms with van der Waals surface area (Å²) in [6.45, 7) is 5.78. The first-order chi connectivity index (χ1) is 6.70. The van der Waals surface area contributed by atoms with Crippen LogP contribution < -0.4 is 0 Å². The normalized spacial score (nSPS) is 29.8. The molecule has 2 heteroatoms. The van der Waals surface area contributed by atoms with Gasteiger partial charge in [-0.2, -0.15) is 0 Å². The molecule has 0 radical (unpaired) electrons. The van der Waals surface area contributed by atoms with Crippen LogP contribution in [0.3, 0.4) is 0 Å². The Bertz CT molecular complexity index is 160. The monoisotopic (exact) mass is 199 g/mol. The Labute approximate surface area is 88.3 Å². The van der Waals surface area contributed by atoms with E-state index in [2.05, 4.69) is 25.8 Å². The molecule has 14 heavy (non-hydrogen) atoms. The van der Waals surface area contributed by atoms with Crippen LogP contribution in [0.2, 0.25) is 0 Å². The first-order valence-electron chi connectivity index (χ1n) is 6.01. The van der Waals surface area contributed by atoms with Crippen LogP contribution >= 0.6 is 0 Å². The predicted molar refractivity (Wildman–Crippen MR) is 60.3 cm³/mol. The Morgan fingerprint density at radius 2 is 2.14 bits per heavy atom. The van der Waals surface area contributed by atoms with E-state index in [-0.39, 0.29) is 0 Å². The van der Waals surface area contributed by atoms with Crippen molar-refractivity contribution < 1.29 is 5.11 Å². The summed E-state index contributed by atoms with van der Waals surface area (Å²) < 4.78 is 0. The quantitative estimate of drug-likeness (QED) is 0.733. The van der Waals surface area contributed by atoms with E-state index in [0.717, 1.165) is 24.4 Å². The molecule has 0 saturated heterocycles. The molecule has 0 heterocycles. The number of rotatable bonds is 5. The van der Waals surface area contributed by atoms with E-state index in [4.69, 9.17) is 5.11 Å². The van der Waals surface area contributed by atoms with E-state index in [1.54, 1.807) is 0 Å². The third kappa shape index (κ3) is 2.71. The lowest BCUT2D eigenvalue weighted by Crippen LogP contribution is -2.38. The third-order valence-corrected chi connectivity index (χ3v) is 3.93. The third-order valence-electron chi connectivity index (χ3n) is 3.93. The van der Waals surface area contributed by atoms with Gasteiger partial charge in [0, 0.05) is 12.6 Å². The summed E-state index contributed by atoms with van der Waals surface area (Å²) in [5.74, 6) is 1.69. The lowest BCUT2D eigenvalue weighted by molar-refractivity contribution is 0.131. The summed E-state index contributed by atoms with van der Waals surface area (Å²) in [5.41, 5.74) is 0. The summed E-state index contributed by atoms with van der Waals surface area (Å²) in [6, 6.07) is 0.720. The fourth-order valence-electron chi connectivity index (χ4n) is 2.81. The van der Waals surface area contributed by atoms with E-state index in [1.807, 2.05) is 0 Å². The lowest BCUT2D eigenvalue weighted by atomic mass is 9.87. The smallest absolute Gasteiger partial charge is 0.0558 e. The molecular formula is C12H25NO. The van der Waals surface area contributed by atoms with Crippen molar-refractivity contribution in [2.24, 2.45) is 11.8 Å². The summed E-state index contributed by atoms with van der Waals surface area (Å²) in [7, 11) is 2.15. The van der Waals surface area contributed by atoms with Crippen LogP contribution in [0.25, 0.3) is 0 Å². The molecule has 3 unspecified atom stereocenters. The number of likely N-dealkylation sites (N-methyl/N-ethyl adjacent to an activating group) is 1. The van der Waals surface area contributed by atoms with Crippen molar-refractivity contribution in [2.45, 2.75) is 45.6 Å². The highest BCUT2D eigenvalue weighted by Crippen LogP contribution is 2.35. The molecule has 0 spiro atoms. The average molecular weight is 199 g/mol. The van der Waals surface area contributed by atoms with Crippen molar-refractivity contribution in [3.63, 3.8) is 0 Å². The zero-order valence-corrected chi connectivity index (χ0v) is 9.87. The van der Waals surface area contributed by atoms with Crippen LogP contribution in [0.15, 0.2) is 0 Å². The minimum atomic E-state index is 0.292. The molecule has 0 aromatic heterocycles. The molecule has 0 aliphatic heterocycles. The Balaban J connectivity index is 2.49. The Kier molecular flexibility index (Phi) is 4.90. The minimum Gasteiger partial charge on any atom is -0.395 e. The molecule has 1 N–H and O–H groups in total. The highest BCUT2D eigenvalue weighted by Gasteiger charge is 2.32. The van der Waals surface area contributed by atoms with Gasteiger partial charge in [-0.3, -0.25) is 0 Å². The van der Waals surface area contributed by atoms with Gasteiger partial charge in [-0.05, 0) is 31.7 Å². The molecule has 1 aliphatic rings. The predicted octanol–water partition coefficient (Wildman–Crippen LogP) is 2.13. The van der Waals surface area contributed by atoms with Gasteiger partial charge in [-0.15, -0.1) is 0 Å². The second-order valence-corrected chi connectivity index (χ2v) is 4.75. The van der Waals surface area contributed by atoms with Crippen molar-refractivity contribution in [1.82, 2.24) is 4.90 Å². The van der Waals surface area contributed by atoms with Crippen LogP contribution in [0, 0.1) is 11.8 Å². The van der Waals surface area contributed by atoms with Gasteiger partial charge in [-0.25, -0.2) is 0 Å². The topological polar surface area (TPSA) is 23.5 Å². The molecule has 3 atom stereocenters. The average Bonchev–Trinajstić information content (AvgIpc) is 2.65. The molecule has 0 amide bonds. The standard InChI is InChI=1S/C12H25NO/c1-4-10(2)11-6-5-7-12(11)13(3)8-9-14/h10-12,14H,4-9H2,1-3H3. The van der Waals surface area contributed by atoms with Crippen LogP contribution in [0.1, 0.15) is 39.5 Å². The minimum absolute atomic E-state index is 0.292. The second kappa shape index (κ2) is 5.72. The maximum atomic E-state index is 8.94. The van der Waals surface area contributed by atoms with Gasteiger partial charge in [0.05, 0.1) is 6.61 Å². The van der Waals surface area contributed by atoms with Crippen LogP contribution in [-0.4, -0.2) is 36.2 Å². The van der Waals surface area contributed by atoms with Crippen LogP contribution in [-0.2, 0) is 0 Å². The Hall–Kier alpha value is -0.0800. The van der Waals surface area contributed by atoms with Gasteiger partial charge < -0.3 is 10.0 Å². The zero-order valence-electron chi connectivity index (χ0n) is 9.87. The van der Waals surface area contributed by atoms with Gasteiger partial charge in [0.2, 0.25) is 0 Å². The van der Waals surface area contributed by atoms with Crippen molar-refractivity contribution in [3.8, 4) is 0 Å². The highest BCUT2D eigenvalue weighted by atomic mass is 16.3. The van der Waals surface area contributed by atoms with Gasteiger partial charge in [-0.1, -0.05) is 26.7 Å². The van der Waals surface area contributed by atoms with Crippen molar-refractivity contribution in [3.05, 3.63) is 0 Å². The SMILES string of the molecule is CCC(C)C1CCCC1N(C)CCO. The van der Waals surface area contributed by atoms with Gasteiger partial charge in [0.1, 0.15) is 0 Å². The second-order valence-electron chi connectivity index (χ2n) is 4.75. The lowest BCUT2D eigenvalue weighted by Gasteiger charge is -2.32. The van der Waals surface area contributed by atoms with Crippen LogP contribution in [0.4, 0.5) is 0 Å². The zero-order chi connectivity index (χ0) is 10.6. The molecule has 1 saturated carbocycles. The van der Waals surface area contributed by atoms with E-state index < -0.39 is 0 Å². The maximum Gasteiger partial charge on any atom is 0.0558 e. The van der Waals surface area contributed by atoms with Gasteiger partial charge in [0.15, 0.2) is 0 Å². The van der Waals surface area contributed by atoms with E-state index in [1.165, 1.54) is 25.7 Å². The summed E-state index contributed by atoms with van der Waals surface area (Å²) in [5, 5.41) is 8.94. The Morgan fingerprint density at radius 1 is 1.43 bits per heavy atom. The maximum absolute atomic E-state index is 8.94. The molecular weight excluding hydrogens is 174 g/mol. The van der Waals surface area contributed by atoms with Crippen molar-refractivity contribution in [1.29, 1.82) is 0 Å². The molecule has 1 rings (SSSR count). The molecule has 0 aromatic carbocycles. The number of aliphatic hydroxyl groups is 1. The molecule has 84 valence electrons. The number of aliphatic hydroxyl groups excluding tert-OH is 1. The number of hydrogen-bond acceptors (Lipinski definition) is 2. The number of hydrogen-bond donors (Lipinski definition) is 1. The molecule has 1 fully saturated rings. The summed E-state index contributed by atoms with van der Waals surface area (Å²) >= 11 is 0. The largest absolute Gasteiger partial charge is 0.395 e. The highest BCUT2D eigenvalue weighted by molar-refractivity contribution is 4.86. The van der Waals surface area contributed by atoms with Gasteiger partial charge >= 0.3 is 0 Å². The molecule has 0 bridgehead atoms. The molecule has 0 aromatic rings. The van der Waals surface area contributed by atoms with Crippen molar-refractivity contribution >= 4 is 0 Å². The fourth-order valence-corrected chi connectivity index (χ4v) is 2.81. The first kappa shape index (κ1) is 12.0. The van der Waals surface area contributed by atoms with E-state index >= 15 is 0 Å².